The van der Waals surface area contributed by atoms with Gasteiger partial charge in [0.25, 0.3) is 0 Å². The van der Waals surface area contributed by atoms with Crippen LogP contribution in [0.15, 0.2) is 6.07 Å². The van der Waals surface area contributed by atoms with E-state index >= 15 is 0 Å². The number of rotatable bonds is 5. The van der Waals surface area contributed by atoms with Crippen molar-refractivity contribution in [1.82, 2.24) is 9.97 Å². The predicted octanol–water partition coefficient (Wildman–Crippen LogP) is 2.37. The van der Waals surface area contributed by atoms with Gasteiger partial charge in [0.15, 0.2) is 0 Å². The third kappa shape index (κ3) is 3.96. The van der Waals surface area contributed by atoms with Gasteiger partial charge in [-0.05, 0) is 32.6 Å². The van der Waals surface area contributed by atoms with E-state index < -0.39 is 0 Å². The second kappa shape index (κ2) is 7.38. The molecule has 5 heteroatoms. The molecule has 1 aromatic heterocycles. The van der Waals surface area contributed by atoms with Crippen LogP contribution in [0.1, 0.15) is 37.7 Å². The molecular weight excluding hydrogens is 278 g/mol. The van der Waals surface area contributed by atoms with Crippen molar-refractivity contribution in [3.05, 3.63) is 17.6 Å². The van der Waals surface area contributed by atoms with E-state index in [1.54, 1.807) is 0 Å². The monoisotopic (exact) mass is 305 g/mol. The fourth-order valence-corrected chi connectivity index (χ4v) is 3.19. The molecule has 0 aliphatic carbocycles. The van der Waals surface area contributed by atoms with Crippen LogP contribution in [-0.4, -0.2) is 49.0 Å². The summed E-state index contributed by atoms with van der Waals surface area (Å²) in [5.74, 6) is 2.55. The van der Waals surface area contributed by atoms with E-state index in [2.05, 4.69) is 27.9 Å². The lowest BCUT2D eigenvalue weighted by Gasteiger charge is -2.33. The number of aryl methyl sites for hydroxylation is 2. The van der Waals surface area contributed by atoms with Crippen LogP contribution < -0.4 is 4.90 Å². The Labute approximate surface area is 133 Å². The third-order valence-corrected chi connectivity index (χ3v) is 4.60. The van der Waals surface area contributed by atoms with Crippen molar-refractivity contribution in [3.63, 3.8) is 0 Å². The van der Waals surface area contributed by atoms with E-state index in [9.17, 15) is 0 Å². The Balaban J connectivity index is 1.49. The number of nitrogens with zero attached hydrogens (tertiary/aromatic N) is 3. The van der Waals surface area contributed by atoms with E-state index in [1.807, 2.05) is 6.92 Å². The molecule has 2 aliphatic rings. The lowest BCUT2D eigenvalue weighted by molar-refractivity contribution is 0.0131. The SMILES string of the molecule is CCc1cc(N2CCC(OCC3CCOC3)CC2)nc(C)n1. The van der Waals surface area contributed by atoms with Crippen molar-refractivity contribution in [2.45, 2.75) is 45.6 Å². The minimum Gasteiger partial charge on any atom is -0.381 e. The van der Waals surface area contributed by atoms with E-state index in [0.29, 0.717) is 12.0 Å². The van der Waals surface area contributed by atoms with Gasteiger partial charge < -0.3 is 14.4 Å². The number of piperidine rings is 1. The number of ether oxygens (including phenoxy) is 2. The molecule has 1 atom stereocenters. The van der Waals surface area contributed by atoms with Gasteiger partial charge in [0, 0.05) is 37.4 Å². The summed E-state index contributed by atoms with van der Waals surface area (Å²) >= 11 is 0. The van der Waals surface area contributed by atoms with Gasteiger partial charge in [0.1, 0.15) is 11.6 Å². The van der Waals surface area contributed by atoms with Crippen molar-refractivity contribution < 1.29 is 9.47 Å². The van der Waals surface area contributed by atoms with Gasteiger partial charge >= 0.3 is 0 Å². The van der Waals surface area contributed by atoms with E-state index in [0.717, 1.165) is 75.9 Å². The Morgan fingerprint density at radius 3 is 2.77 bits per heavy atom. The molecule has 0 spiro atoms. The van der Waals surface area contributed by atoms with Gasteiger partial charge in [-0.3, -0.25) is 0 Å². The zero-order chi connectivity index (χ0) is 15.4. The van der Waals surface area contributed by atoms with Gasteiger partial charge in [0.05, 0.1) is 19.3 Å². The molecule has 2 fully saturated rings. The van der Waals surface area contributed by atoms with E-state index in [-0.39, 0.29) is 0 Å². The molecule has 2 aliphatic heterocycles. The van der Waals surface area contributed by atoms with Gasteiger partial charge in [-0.2, -0.15) is 0 Å². The average Bonchev–Trinajstić information content (AvgIpc) is 3.06. The van der Waals surface area contributed by atoms with Crippen LogP contribution >= 0.6 is 0 Å². The molecule has 0 N–H and O–H groups in total. The van der Waals surface area contributed by atoms with Gasteiger partial charge in [-0.15, -0.1) is 0 Å². The smallest absolute Gasteiger partial charge is 0.132 e. The fourth-order valence-electron chi connectivity index (χ4n) is 3.19. The van der Waals surface area contributed by atoms with Crippen molar-refractivity contribution in [2.75, 3.05) is 37.8 Å². The lowest BCUT2D eigenvalue weighted by Crippen LogP contribution is -2.38. The molecule has 3 heterocycles. The Hall–Kier alpha value is -1.20. The van der Waals surface area contributed by atoms with Gasteiger partial charge in [0.2, 0.25) is 0 Å². The molecule has 5 nitrogen and oxygen atoms in total. The molecular formula is C17H27N3O2. The first-order chi connectivity index (χ1) is 10.7. The number of hydrogen-bond donors (Lipinski definition) is 0. The highest BCUT2D eigenvalue weighted by Crippen LogP contribution is 2.22. The maximum absolute atomic E-state index is 6.08. The predicted molar refractivity (Wildman–Crippen MR) is 86.3 cm³/mol. The average molecular weight is 305 g/mol. The van der Waals surface area contributed by atoms with Gasteiger partial charge in [-0.1, -0.05) is 6.92 Å². The first-order valence-corrected chi connectivity index (χ1v) is 8.53. The second-order valence-electron chi connectivity index (χ2n) is 6.37. The third-order valence-electron chi connectivity index (χ3n) is 4.60. The van der Waals surface area contributed by atoms with Crippen LogP contribution in [0.3, 0.4) is 0 Å². The van der Waals surface area contributed by atoms with Crippen LogP contribution in [0, 0.1) is 12.8 Å². The molecule has 1 aromatic rings. The zero-order valence-electron chi connectivity index (χ0n) is 13.8. The van der Waals surface area contributed by atoms with E-state index in [4.69, 9.17) is 9.47 Å². The molecule has 122 valence electrons. The summed E-state index contributed by atoms with van der Waals surface area (Å²) in [6.45, 7) is 8.78. The second-order valence-corrected chi connectivity index (χ2v) is 6.37. The topological polar surface area (TPSA) is 47.5 Å². The highest BCUT2D eigenvalue weighted by Gasteiger charge is 2.23. The summed E-state index contributed by atoms with van der Waals surface area (Å²) in [4.78, 5) is 11.4. The Morgan fingerprint density at radius 1 is 1.27 bits per heavy atom. The van der Waals surface area contributed by atoms with Crippen molar-refractivity contribution >= 4 is 5.82 Å². The Kier molecular flexibility index (Phi) is 5.26. The number of aromatic nitrogens is 2. The van der Waals surface area contributed by atoms with Gasteiger partial charge in [-0.25, -0.2) is 9.97 Å². The fraction of sp³-hybridized carbons (Fsp3) is 0.765. The molecule has 1 unspecified atom stereocenters. The first-order valence-electron chi connectivity index (χ1n) is 8.53. The van der Waals surface area contributed by atoms with Crippen molar-refractivity contribution in [1.29, 1.82) is 0 Å². The normalized spacial score (nSPS) is 23.2. The van der Waals surface area contributed by atoms with Crippen LogP contribution in [0.25, 0.3) is 0 Å². The van der Waals surface area contributed by atoms with Crippen molar-refractivity contribution in [3.8, 4) is 0 Å². The molecule has 0 saturated carbocycles. The zero-order valence-corrected chi connectivity index (χ0v) is 13.8. The minimum atomic E-state index is 0.394. The summed E-state index contributed by atoms with van der Waals surface area (Å²) in [6, 6.07) is 2.13. The van der Waals surface area contributed by atoms with Crippen molar-refractivity contribution in [2.24, 2.45) is 5.92 Å². The maximum atomic E-state index is 6.08. The molecule has 0 aromatic carbocycles. The molecule has 0 bridgehead atoms. The van der Waals surface area contributed by atoms with Crippen LogP contribution in [0.4, 0.5) is 5.82 Å². The summed E-state index contributed by atoms with van der Waals surface area (Å²) in [6.07, 6.45) is 4.67. The molecule has 0 amide bonds. The largest absolute Gasteiger partial charge is 0.381 e. The molecule has 0 radical (unpaired) electrons. The van der Waals surface area contributed by atoms with Crippen LogP contribution in [-0.2, 0) is 15.9 Å². The van der Waals surface area contributed by atoms with E-state index in [1.165, 1.54) is 0 Å². The first kappa shape index (κ1) is 15.7. The molecule has 2 saturated heterocycles. The summed E-state index contributed by atoms with van der Waals surface area (Å²) < 4.78 is 11.5. The van der Waals surface area contributed by atoms with Crippen LogP contribution in [0.5, 0.6) is 0 Å². The maximum Gasteiger partial charge on any atom is 0.132 e. The number of hydrogen-bond acceptors (Lipinski definition) is 5. The molecule has 3 rings (SSSR count). The lowest BCUT2D eigenvalue weighted by atomic mass is 10.1. The highest BCUT2D eigenvalue weighted by molar-refractivity contribution is 5.40. The summed E-state index contributed by atoms with van der Waals surface area (Å²) in [5, 5.41) is 0. The summed E-state index contributed by atoms with van der Waals surface area (Å²) in [7, 11) is 0. The quantitative estimate of drug-likeness (QED) is 0.836. The minimum absolute atomic E-state index is 0.394. The van der Waals surface area contributed by atoms with Crippen LogP contribution in [0.2, 0.25) is 0 Å². The molecule has 22 heavy (non-hydrogen) atoms. The highest BCUT2D eigenvalue weighted by atomic mass is 16.5. The number of anilines is 1. The Morgan fingerprint density at radius 2 is 2.09 bits per heavy atom. The standard InChI is InChI=1S/C17H27N3O2/c1-3-15-10-17(19-13(2)18-15)20-7-4-16(5-8-20)22-12-14-6-9-21-11-14/h10,14,16H,3-9,11-12H2,1-2H3. The Bertz CT molecular complexity index is 481. The summed E-state index contributed by atoms with van der Waals surface area (Å²) in [5.41, 5.74) is 1.13.